The number of aryl methyl sites for hydroxylation is 1. The average Bonchev–Trinajstić information content (AvgIpc) is 2.90. The molecule has 23 heavy (non-hydrogen) atoms. The van der Waals surface area contributed by atoms with Crippen LogP contribution < -0.4 is 5.32 Å². The number of amidine groups is 1. The van der Waals surface area contributed by atoms with Gasteiger partial charge in [-0.1, -0.05) is 26.8 Å². The third kappa shape index (κ3) is 5.12. The molecule has 1 aromatic carbocycles. The Hall–Kier alpha value is -2.31. The second kappa shape index (κ2) is 7.30. The van der Waals surface area contributed by atoms with Crippen molar-refractivity contribution in [2.24, 2.45) is 4.99 Å². The number of rotatable bonds is 2. The number of nitrogens with zero attached hydrogens (tertiary/aromatic N) is 2. The van der Waals surface area contributed by atoms with Crippen LogP contribution >= 0.6 is 0 Å². The summed E-state index contributed by atoms with van der Waals surface area (Å²) in [6.07, 6.45) is 0.787. The summed E-state index contributed by atoms with van der Waals surface area (Å²) in [5.41, 5.74) is 4.39. The molecule has 0 unspecified atom stereocenters. The molecule has 7 heteroatoms. The van der Waals surface area contributed by atoms with Gasteiger partial charge in [-0.15, -0.1) is 10.1 Å². The molecule has 0 atom stereocenters. The van der Waals surface area contributed by atoms with E-state index in [-0.39, 0.29) is 5.41 Å². The first-order valence-electron chi connectivity index (χ1n) is 7.47. The minimum absolute atomic E-state index is 0.0404. The zero-order valence-electron chi connectivity index (χ0n) is 14.3. The fourth-order valence-electron chi connectivity index (χ4n) is 2.59. The van der Waals surface area contributed by atoms with Crippen molar-refractivity contribution in [1.82, 2.24) is 5.32 Å². The number of nitrogens with one attached hydrogen (secondary N) is 1. The molecule has 0 saturated carbocycles. The van der Waals surface area contributed by atoms with Gasteiger partial charge in [0, 0.05) is 13.0 Å². The van der Waals surface area contributed by atoms with E-state index in [9.17, 15) is 5.11 Å². The zero-order chi connectivity index (χ0) is 17.8. The highest BCUT2D eigenvalue weighted by molar-refractivity contribution is 5.86. The van der Waals surface area contributed by atoms with E-state index in [2.05, 4.69) is 44.1 Å². The molecule has 7 nitrogen and oxygen atoms in total. The Labute approximate surface area is 136 Å². The molecule has 128 valence electrons. The highest BCUT2D eigenvalue weighted by Gasteiger charge is 2.22. The third-order valence-corrected chi connectivity index (χ3v) is 3.80. The van der Waals surface area contributed by atoms with Gasteiger partial charge in [0.15, 0.2) is 0 Å². The van der Waals surface area contributed by atoms with Gasteiger partial charge in [-0.3, -0.25) is 4.99 Å². The molecule has 0 bridgehead atoms. The SMILES string of the molecule is Cc1cc(C(C)(C)C)c(O)c(C)c1CC1=NCCN1.O=[N+]([O-])O. The van der Waals surface area contributed by atoms with Crippen LogP contribution in [-0.4, -0.2) is 34.3 Å². The third-order valence-electron chi connectivity index (χ3n) is 3.80. The van der Waals surface area contributed by atoms with E-state index < -0.39 is 5.09 Å². The molecule has 0 aromatic heterocycles. The standard InChI is InChI=1S/C16H24N2O.HNO3/c1-10-8-13(16(3,4)5)15(19)11(2)12(10)9-14-17-6-7-18-14;2-1(3)4/h8,19H,6-7,9H2,1-5H3,(H,17,18);(H,2,3,4). The van der Waals surface area contributed by atoms with Crippen molar-refractivity contribution in [3.63, 3.8) is 0 Å². The van der Waals surface area contributed by atoms with E-state index in [1.807, 2.05) is 6.92 Å². The normalized spacial score (nSPS) is 13.7. The van der Waals surface area contributed by atoms with Gasteiger partial charge in [0.1, 0.15) is 11.6 Å². The molecular weight excluding hydrogens is 298 g/mol. The molecule has 1 aliphatic heterocycles. The molecule has 2 rings (SSSR count). The summed E-state index contributed by atoms with van der Waals surface area (Å²) >= 11 is 0. The lowest BCUT2D eigenvalue weighted by Gasteiger charge is -2.24. The number of hydrogen-bond acceptors (Lipinski definition) is 5. The highest BCUT2D eigenvalue weighted by atomic mass is 16.9. The number of phenols is 1. The van der Waals surface area contributed by atoms with Gasteiger partial charge in [0.25, 0.3) is 5.09 Å². The van der Waals surface area contributed by atoms with E-state index in [0.717, 1.165) is 36.5 Å². The lowest BCUT2D eigenvalue weighted by Crippen LogP contribution is -2.22. The fraction of sp³-hybridized carbons (Fsp3) is 0.562. The number of hydrogen-bond donors (Lipinski definition) is 3. The van der Waals surface area contributed by atoms with Gasteiger partial charge < -0.3 is 15.6 Å². The van der Waals surface area contributed by atoms with Crippen molar-refractivity contribution in [3.05, 3.63) is 38.4 Å². The Morgan fingerprint density at radius 3 is 2.39 bits per heavy atom. The minimum atomic E-state index is -1.50. The molecule has 0 aliphatic carbocycles. The molecule has 0 fully saturated rings. The van der Waals surface area contributed by atoms with Crippen LogP contribution in [0.4, 0.5) is 0 Å². The summed E-state index contributed by atoms with van der Waals surface area (Å²) in [5.74, 6) is 1.47. The van der Waals surface area contributed by atoms with Crippen molar-refractivity contribution in [3.8, 4) is 5.75 Å². The van der Waals surface area contributed by atoms with Crippen molar-refractivity contribution < 1.29 is 15.4 Å². The van der Waals surface area contributed by atoms with E-state index in [0.29, 0.717) is 5.75 Å². The van der Waals surface area contributed by atoms with Crippen molar-refractivity contribution in [2.75, 3.05) is 13.1 Å². The van der Waals surface area contributed by atoms with Crippen molar-refractivity contribution >= 4 is 5.84 Å². The molecular formula is C16H25N3O4. The molecule has 0 amide bonds. The summed E-state index contributed by atoms with van der Waals surface area (Å²) in [6, 6.07) is 2.12. The topological polar surface area (TPSA) is 108 Å². The molecule has 3 N–H and O–H groups in total. The first kappa shape index (κ1) is 18.7. The molecule has 1 aliphatic rings. The van der Waals surface area contributed by atoms with Crippen LogP contribution in [0.3, 0.4) is 0 Å². The van der Waals surface area contributed by atoms with Gasteiger partial charge in [-0.05, 0) is 41.5 Å². The second-order valence-electron chi connectivity index (χ2n) is 6.61. The summed E-state index contributed by atoms with van der Waals surface area (Å²) in [7, 11) is 0. The number of phenolic OH excluding ortho intramolecular Hbond substituents is 1. The van der Waals surface area contributed by atoms with Crippen LogP contribution in [0.15, 0.2) is 11.1 Å². The van der Waals surface area contributed by atoms with E-state index in [1.54, 1.807) is 0 Å². The van der Waals surface area contributed by atoms with Gasteiger partial charge in [-0.25, -0.2) is 0 Å². The van der Waals surface area contributed by atoms with E-state index >= 15 is 0 Å². The Morgan fingerprint density at radius 2 is 1.96 bits per heavy atom. The summed E-state index contributed by atoms with van der Waals surface area (Å²) in [6.45, 7) is 12.3. The Kier molecular flexibility index (Phi) is 5.95. The van der Waals surface area contributed by atoms with Crippen LogP contribution in [0.25, 0.3) is 0 Å². The molecule has 1 aromatic rings. The van der Waals surface area contributed by atoms with Crippen LogP contribution in [-0.2, 0) is 11.8 Å². The zero-order valence-corrected chi connectivity index (χ0v) is 14.3. The van der Waals surface area contributed by atoms with Gasteiger partial charge in [-0.2, -0.15) is 0 Å². The number of aliphatic imine (C=N–C) groups is 1. The van der Waals surface area contributed by atoms with E-state index in [4.69, 9.17) is 15.3 Å². The van der Waals surface area contributed by atoms with E-state index in [1.165, 1.54) is 11.1 Å². The Balaban J connectivity index is 0.000000593. The van der Waals surface area contributed by atoms with Crippen molar-refractivity contribution in [2.45, 2.75) is 46.5 Å². The smallest absolute Gasteiger partial charge is 0.291 e. The Bertz CT molecular complexity index is 615. The monoisotopic (exact) mass is 323 g/mol. The predicted octanol–water partition coefficient (Wildman–Crippen LogP) is 2.50. The lowest BCUT2D eigenvalue weighted by atomic mass is 9.82. The lowest BCUT2D eigenvalue weighted by molar-refractivity contribution is -0.742. The molecule has 0 saturated heterocycles. The molecule has 0 radical (unpaired) electrons. The fourth-order valence-corrected chi connectivity index (χ4v) is 2.59. The van der Waals surface area contributed by atoms with Crippen LogP contribution in [0, 0.1) is 24.0 Å². The highest BCUT2D eigenvalue weighted by Crippen LogP contribution is 2.36. The second-order valence-corrected chi connectivity index (χ2v) is 6.61. The average molecular weight is 323 g/mol. The minimum Gasteiger partial charge on any atom is -0.507 e. The van der Waals surface area contributed by atoms with Gasteiger partial charge in [0.05, 0.1) is 6.54 Å². The maximum absolute atomic E-state index is 10.5. The number of aromatic hydroxyl groups is 1. The maximum Gasteiger partial charge on any atom is 0.291 e. The van der Waals surface area contributed by atoms with Gasteiger partial charge >= 0.3 is 0 Å². The Morgan fingerprint density at radius 1 is 1.39 bits per heavy atom. The predicted molar refractivity (Wildman–Crippen MR) is 89.1 cm³/mol. The van der Waals surface area contributed by atoms with Crippen LogP contribution in [0.1, 0.15) is 43.0 Å². The first-order valence-corrected chi connectivity index (χ1v) is 7.47. The maximum atomic E-state index is 10.5. The van der Waals surface area contributed by atoms with Crippen LogP contribution in [0.5, 0.6) is 5.75 Å². The summed E-state index contributed by atoms with van der Waals surface area (Å²) < 4.78 is 0. The van der Waals surface area contributed by atoms with Crippen molar-refractivity contribution in [1.29, 1.82) is 0 Å². The first-order chi connectivity index (χ1) is 10.5. The number of benzene rings is 1. The summed E-state index contributed by atoms with van der Waals surface area (Å²) in [5, 5.41) is 27.4. The van der Waals surface area contributed by atoms with Crippen LogP contribution in [0.2, 0.25) is 0 Å². The molecule has 0 spiro atoms. The van der Waals surface area contributed by atoms with Gasteiger partial charge in [0.2, 0.25) is 0 Å². The summed E-state index contributed by atoms with van der Waals surface area (Å²) in [4.78, 5) is 12.8. The quantitative estimate of drug-likeness (QED) is 0.572. The molecule has 1 heterocycles. The largest absolute Gasteiger partial charge is 0.507 e.